The molecule has 0 aliphatic heterocycles. The van der Waals surface area contributed by atoms with E-state index in [1.54, 1.807) is 31.2 Å². The number of aliphatic hydroxyl groups excluding tert-OH is 1. The molecule has 2 aromatic rings. The maximum atomic E-state index is 10.9. The Morgan fingerprint density at radius 2 is 2.10 bits per heavy atom. The first-order valence-corrected chi connectivity index (χ1v) is 6.04. The van der Waals surface area contributed by atoms with Crippen molar-refractivity contribution in [3.63, 3.8) is 0 Å². The van der Waals surface area contributed by atoms with Crippen LogP contribution in [-0.2, 0) is 0 Å². The van der Waals surface area contributed by atoms with Crippen LogP contribution in [0, 0.1) is 17.0 Å². The smallest absolute Gasteiger partial charge is 0.311 e. The summed E-state index contributed by atoms with van der Waals surface area (Å²) in [6.07, 6.45) is 0.853. The Morgan fingerprint density at radius 3 is 2.65 bits per heavy atom. The van der Waals surface area contributed by atoms with Crippen molar-refractivity contribution in [1.82, 2.24) is 4.98 Å². The van der Waals surface area contributed by atoms with Crippen molar-refractivity contribution in [2.75, 3.05) is 0 Å². The van der Waals surface area contributed by atoms with Crippen LogP contribution in [0.5, 0.6) is 11.6 Å². The van der Waals surface area contributed by atoms with Gasteiger partial charge in [0.15, 0.2) is 0 Å². The van der Waals surface area contributed by atoms with Gasteiger partial charge in [0.05, 0.1) is 11.0 Å². The van der Waals surface area contributed by atoms with E-state index in [4.69, 9.17) is 4.74 Å². The zero-order chi connectivity index (χ0) is 14.7. The van der Waals surface area contributed by atoms with Gasteiger partial charge in [0.1, 0.15) is 0 Å². The Labute approximate surface area is 115 Å². The van der Waals surface area contributed by atoms with Gasteiger partial charge in [0.25, 0.3) is 0 Å². The molecule has 1 aromatic heterocycles. The number of nitro benzene ring substituents is 1. The second-order valence-corrected chi connectivity index (χ2v) is 4.44. The molecule has 6 heteroatoms. The van der Waals surface area contributed by atoms with Crippen LogP contribution in [0.15, 0.2) is 36.5 Å². The van der Waals surface area contributed by atoms with Crippen LogP contribution in [-0.4, -0.2) is 15.0 Å². The maximum Gasteiger partial charge on any atom is 0.311 e. The molecule has 20 heavy (non-hydrogen) atoms. The summed E-state index contributed by atoms with van der Waals surface area (Å²) in [5, 5.41) is 20.3. The molecule has 0 aliphatic carbocycles. The Bertz CT molecular complexity index is 624. The van der Waals surface area contributed by atoms with E-state index in [1.807, 2.05) is 6.92 Å². The van der Waals surface area contributed by atoms with Gasteiger partial charge in [-0.25, -0.2) is 4.98 Å². The van der Waals surface area contributed by atoms with Gasteiger partial charge in [-0.2, -0.15) is 0 Å². The molecule has 1 aromatic carbocycles. The van der Waals surface area contributed by atoms with Crippen molar-refractivity contribution in [3.05, 3.63) is 57.8 Å². The Kier molecular flexibility index (Phi) is 3.95. The molecular formula is C14H14N2O4. The normalized spacial score (nSPS) is 11.9. The fourth-order valence-electron chi connectivity index (χ4n) is 1.67. The summed E-state index contributed by atoms with van der Waals surface area (Å²) in [5.41, 5.74) is 1.39. The van der Waals surface area contributed by atoms with Crippen molar-refractivity contribution in [1.29, 1.82) is 0 Å². The van der Waals surface area contributed by atoms with E-state index < -0.39 is 11.0 Å². The van der Waals surface area contributed by atoms with Gasteiger partial charge in [-0.05, 0) is 37.1 Å². The average molecular weight is 274 g/mol. The molecule has 0 radical (unpaired) electrons. The van der Waals surface area contributed by atoms with E-state index in [2.05, 4.69) is 4.98 Å². The number of hydrogen-bond donors (Lipinski definition) is 1. The first kappa shape index (κ1) is 14.0. The molecule has 0 amide bonds. The zero-order valence-electron chi connectivity index (χ0n) is 11.1. The quantitative estimate of drug-likeness (QED) is 0.683. The number of hydrogen-bond acceptors (Lipinski definition) is 5. The standard InChI is InChI=1S/C14H14N2O4/c1-9-3-5-12(16(18)19)13(7-9)20-14-6-4-11(8-15-14)10(2)17/h3-8,10,17H,1-2H3. The number of pyridine rings is 1. The van der Waals surface area contributed by atoms with Crippen LogP contribution in [0.2, 0.25) is 0 Å². The van der Waals surface area contributed by atoms with Gasteiger partial charge in [0, 0.05) is 18.3 Å². The summed E-state index contributed by atoms with van der Waals surface area (Å²) in [4.78, 5) is 14.5. The van der Waals surface area contributed by atoms with Gasteiger partial charge in [-0.1, -0.05) is 6.07 Å². The highest BCUT2D eigenvalue weighted by atomic mass is 16.6. The second-order valence-electron chi connectivity index (χ2n) is 4.44. The van der Waals surface area contributed by atoms with Gasteiger partial charge < -0.3 is 9.84 Å². The molecule has 0 saturated carbocycles. The Hall–Kier alpha value is -2.47. The molecule has 0 saturated heterocycles. The fraction of sp³-hybridized carbons (Fsp3) is 0.214. The fourth-order valence-corrected chi connectivity index (χ4v) is 1.67. The van der Waals surface area contributed by atoms with Gasteiger partial charge in [0.2, 0.25) is 11.6 Å². The third-order valence-corrected chi connectivity index (χ3v) is 2.77. The molecule has 0 spiro atoms. The lowest BCUT2D eigenvalue weighted by atomic mass is 10.2. The number of nitro groups is 1. The number of aliphatic hydroxyl groups is 1. The van der Waals surface area contributed by atoms with Crippen LogP contribution in [0.1, 0.15) is 24.2 Å². The minimum absolute atomic E-state index is 0.114. The molecule has 1 unspecified atom stereocenters. The van der Waals surface area contributed by atoms with E-state index >= 15 is 0 Å². The highest BCUT2D eigenvalue weighted by Crippen LogP contribution is 2.31. The zero-order valence-corrected chi connectivity index (χ0v) is 11.1. The first-order valence-electron chi connectivity index (χ1n) is 6.04. The van der Waals surface area contributed by atoms with E-state index in [0.717, 1.165) is 5.56 Å². The molecule has 1 heterocycles. The van der Waals surface area contributed by atoms with Gasteiger partial charge >= 0.3 is 5.69 Å². The molecule has 0 aliphatic rings. The van der Waals surface area contributed by atoms with Gasteiger partial charge in [-0.15, -0.1) is 0 Å². The highest BCUT2D eigenvalue weighted by molar-refractivity contribution is 5.49. The van der Waals surface area contributed by atoms with Crippen LogP contribution in [0.4, 0.5) is 5.69 Å². The number of benzene rings is 1. The number of nitrogens with zero attached hydrogens (tertiary/aromatic N) is 2. The van der Waals surface area contributed by atoms with E-state index in [-0.39, 0.29) is 17.3 Å². The minimum atomic E-state index is -0.621. The van der Waals surface area contributed by atoms with Crippen LogP contribution in [0.25, 0.3) is 0 Å². The van der Waals surface area contributed by atoms with Crippen molar-refractivity contribution >= 4 is 5.69 Å². The van der Waals surface area contributed by atoms with E-state index in [9.17, 15) is 15.2 Å². The predicted molar refractivity (Wildman–Crippen MR) is 72.8 cm³/mol. The molecular weight excluding hydrogens is 260 g/mol. The third kappa shape index (κ3) is 3.10. The topological polar surface area (TPSA) is 85.5 Å². The second kappa shape index (κ2) is 5.66. The van der Waals surface area contributed by atoms with Crippen LogP contribution in [0.3, 0.4) is 0 Å². The monoisotopic (exact) mass is 274 g/mol. The number of ether oxygens (including phenoxy) is 1. The molecule has 0 fully saturated rings. The van der Waals surface area contributed by atoms with Crippen molar-refractivity contribution < 1.29 is 14.8 Å². The minimum Gasteiger partial charge on any atom is -0.432 e. The lowest BCUT2D eigenvalue weighted by Crippen LogP contribution is -1.96. The predicted octanol–water partition coefficient (Wildman–Crippen LogP) is 3.14. The lowest BCUT2D eigenvalue weighted by molar-refractivity contribution is -0.385. The molecule has 2 rings (SSSR count). The molecule has 104 valence electrons. The van der Waals surface area contributed by atoms with Crippen molar-refractivity contribution in [2.45, 2.75) is 20.0 Å². The van der Waals surface area contributed by atoms with Crippen molar-refractivity contribution in [2.24, 2.45) is 0 Å². The summed E-state index contributed by atoms with van der Waals surface area (Å²) >= 11 is 0. The van der Waals surface area contributed by atoms with E-state index in [0.29, 0.717) is 5.56 Å². The molecule has 6 nitrogen and oxygen atoms in total. The van der Waals surface area contributed by atoms with Crippen molar-refractivity contribution in [3.8, 4) is 11.6 Å². The summed E-state index contributed by atoms with van der Waals surface area (Å²) in [6, 6.07) is 7.86. The number of aryl methyl sites for hydroxylation is 1. The first-order chi connectivity index (χ1) is 9.47. The molecule has 1 N–H and O–H groups in total. The maximum absolute atomic E-state index is 10.9. The van der Waals surface area contributed by atoms with Crippen LogP contribution < -0.4 is 4.74 Å². The molecule has 1 atom stereocenters. The average Bonchev–Trinajstić information content (AvgIpc) is 2.39. The Balaban J connectivity index is 2.29. The SMILES string of the molecule is Cc1ccc([N+](=O)[O-])c(Oc2ccc(C(C)O)cn2)c1. The summed E-state index contributed by atoms with van der Waals surface area (Å²) in [7, 11) is 0. The van der Waals surface area contributed by atoms with Crippen LogP contribution >= 0.6 is 0 Å². The summed E-state index contributed by atoms with van der Waals surface area (Å²) < 4.78 is 5.45. The summed E-state index contributed by atoms with van der Waals surface area (Å²) in [6.45, 7) is 3.45. The Morgan fingerprint density at radius 1 is 1.35 bits per heavy atom. The largest absolute Gasteiger partial charge is 0.432 e. The summed E-state index contributed by atoms with van der Waals surface area (Å²) in [5.74, 6) is 0.385. The van der Waals surface area contributed by atoms with E-state index in [1.165, 1.54) is 12.3 Å². The molecule has 0 bridgehead atoms. The van der Waals surface area contributed by atoms with Gasteiger partial charge in [-0.3, -0.25) is 10.1 Å². The lowest BCUT2D eigenvalue weighted by Gasteiger charge is -2.08. The number of aromatic nitrogens is 1. The third-order valence-electron chi connectivity index (χ3n) is 2.77. The highest BCUT2D eigenvalue weighted by Gasteiger charge is 2.16. The number of rotatable bonds is 4.